The first-order valence-electron chi connectivity index (χ1n) is 6.07. The Bertz CT molecular complexity index is 578. The molecule has 0 fully saturated rings. The molecule has 0 aliphatic carbocycles. The Kier molecular flexibility index (Phi) is 3.94. The van der Waals surface area contributed by atoms with E-state index in [4.69, 9.17) is 4.52 Å². The number of benzene rings is 1. The highest BCUT2D eigenvalue weighted by Crippen LogP contribution is 2.21. The van der Waals surface area contributed by atoms with Crippen LogP contribution in [0.5, 0.6) is 0 Å². The second-order valence-electron chi connectivity index (χ2n) is 4.66. The van der Waals surface area contributed by atoms with Crippen LogP contribution in [0.3, 0.4) is 0 Å². The Balaban J connectivity index is 2.15. The molecule has 5 heteroatoms. The van der Waals surface area contributed by atoms with Crippen molar-refractivity contribution in [2.24, 2.45) is 5.92 Å². The summed E-state index contributed by atoms with van der Waals surface area (Å²) in [6.45, 7) is 4.53. The Morgan fingerprint density at radius 1 is 1.42 bits per heavy atom. The van der Waals surface area contributed by atoms with Crippen molar-refractivity contribution >= 4 is 5.91 Å². The molecule has 2 aromatic rings. The SMILES string of the molecule is CC(C)CNC(=O)c1cc(-c2ccccc2F)no1. The Labute approximate surface area is 110 Å². The van der Waals surface area contributed by atoms with Crippen LogP contribution in [0, 0.1) is 11.7 Å². The second kappa shape index (κ2) is 5.65. The molecule has 1 heterocycles. The van der Waals surface area contributed by atoms with Crippen LogP contribution >= 0.6 is 0 Å². The maximum absolute atomic E-state index is 13.6. The van der Waals surface area contributed by atoms with Gasteiger partial charge >= 0.3 is 0 Å². The van der Waals surface area contributed by atoms with Gasteiger partial charge in [-0.1, -0.05) is 31.1 Å². The maximum Gasteiger partial charge on any atom is 0.289 e. The van der Waals surface area contributed by atoms with Crippen molar-refractivity contribution in [3.63, 3.8) is 0 Å². The smallest absolute Gasteiger partial charge is 0.289 e. The van der Waals surface area contributed by atoms with E-state index >= 15 is 0 Å². The van der Waals surface area contributed by atoms with E-state index in [1.54, 1.807) is 18.2 Å². The summed E-state index contributed by atoms with van der Waals surface area (Å²) in [5.74, 6) is -0.314. The molecule has 0 aliphatic rings. The fourth-order valence-corrected chi connectivity index (χ4v) is 1.56. The molecule has 100 valence electrons. The van der Waals surface area contributed by atoms with Crippen molar-refractivity contribution in [2.45, 2.75) is 13.8 Å². The summed E-state index contributed by atoms with van der Waals surface area (Å²) in [4.78, 5) is 11.7. The summed E-state index contributed by atoms with van der Waals surface area (Å²) < 4.78 is 18.5. The van der Waals surface area contributed by atoms with E-state index in [9.17, 15) is 9.18 Å². The molecule has 0 bridgehead atoms. The summed E-state index contributed by atoms with van der Waals surface area (Å²) >= 11 is 0. The molecule has 0 radical (unpaired) electrons. The van der Waals surface area contributed by atoms with E-state index in [0.29, 0.717) is 23.7 Å². The van der Waals surface area contributed by atoms with E-state index in [1.807, 2.05) is 13.8 Å². The molecule has 4 nitrogen and oxygen atoms in total. The highest BCUT2D eigenvalue weighted by Gasteiger charge is 2.15. The minimum Gasteiger partial charge on any atom is -0.350 e. The normalized spacial score (nSPS) is 10.7. The number of aromatic nitrogens is 1. The summed E-state index contributed by atoms with van der Waals surface area (Å²) in [5, 5.41) is 6.43. The summed E-state index contributed by atoms with van der Waals surface area (Å²) in [7, 11) is 0. The van der Waals surface area contributed by atoms with Gasteiger partial charge in [0.05, 0.1) is 0 Å². The number of nitrogens with one attached hydrogen (secondary N) is 1. The van der Waals surface area contributed by atoms with Crippen LogP contribution in [-0.4, -0.2) is 17.6 Å². The third-order valence-corrected chi connectivity index (χ3v) is 2.55. The number of amides is 1. The lowest BCUT2D eigenvalue weighted by Gasteiger charge is -2.04. The number of nitrogens with zero attached hydrogens (tertiary/aromatic N) is 1. The van der Waals surface area contributed by atoms with E-state index in [0.717, 1.165) is 0 Å². The average molecular weight is 262 g/mol. The molecule has 0 atom stereocenters. The molecule has 0 spiro atoms. The minimum atomic E-state index is -0.398. The highest BCUT2D eigenvalue weighted by molar-refractivity contribution is 5.92. The molecule has 1 aromatic carbocycles. The molecule has 1 amide bonds. The van der Waals surface area contributed by atoms with Crippen LogP contribution in [-0.2, 0) is 0 Å². The second-order valence-corrected chi connectivity index (χ2v) is 4.66. The number of carbonyl (C=O) groups is 1. The molecule has 2 rings (SSSR count). The highest BCUT2D eigenvalue weighted by atomic mass is 19.1. The summed E-state index contributed by atoms with van der Waals surface area (Å²) in [6.07, 6.45) is 0. The van der Waals surface area contributed by atoms with Gasteiger partial charge in [0, 0.05) is 18.2 Å². The van der Waals surface area contributed by atoms with Crippen molar-refractivity contribution in [3.8, 4) is 11.3 Å². The van der Waals surface area contributed by atoms with Crippen molar-refractivity contribution in [1.82, 2.24) is 10.5 Å². The van der Waals surface area contributed by atoms with Gasteiger partial charge in [-0.25, -0.2) is 4.39 Å². The van der Waals surface area contributed by atoms with E-state index in [-0.39, 0.29) is 11.7 Å². The standard InChI is InChI=1S/C14H15FN2O2/c1-9(2)8-16-14(18)13-7-12(17-19-13)10-5-3-4-6-11(10)15/h3-7,9H,8H2,1-2H3,(H,16,18). The van der Waals surface area contributed by atoms with E-state index in [2.05, 4.69) is 10.5 Å². The van der Waals surface area contributed by atoms with Crippen molar-refractivity contribution in [3.05, 3.63) is 41.9 Å². The van der Waals surface area contributed by atoms with Gasteiger partial charge in [-0.2, -0.15) is 0 Å². The van der Waals surface area contributed by atoms with Crippen LogP contribution in [0.25, 0.3) is 11.3 Å². The van der Waals surface area contributed by atoms with Gasteiger partial charge < -0.3 is 9.84 Å². The Morgan fingerprint density at radius 3 is 2.84 bits per heavy atom. The molecule has 0 saturated heterocycles. The molecule has 0 saturated carbocycles. The van der Waals surface area contributed by atoms with Gasteiger partial charge in [-0.3, -0.25) is 4.79 Å². The quantitative estimate of drug-likeness (QED) is 0.921. The molecule has 0 unspecified atom stereocenters. The van der Waals surface area contributed by atoms with Crippen LogP contribution in [0.2, 0.25) is 0 Å². The Hall–Kier alpha value is -2.17. The minimum absolute atomic E-state index is 0.0823. The van der Waals surface area contributed by atoms with Gasteiger partial charge in [0.15, 0.2) is 0 Å². The van der Waals surface area contributed by atoms with Crippen molar-refractivity contribution in [1.29, 1.82) is 0 Å². The van der Waals surface area contributed by atoms with Gasteiger partial charge in [0.2, 0.25) is 5.76 Å². The molecule has 19 heavy (non-hydrogen) atoms. The molecular formula is C14H15FN2O2. The first-order chi connectivity index (χ1) is 9.08. The largest absolute Gasteiger partial charge is 0.350 e. The third kappa shape index (κ3) is 3.19. The summed E-state index contributed by atoms with van der Waals surface area (Å²) in [5.41, 5.74) is 0.627. The zero-order chi connectivity index (χ0) is 13.8. The number of halogens is 1. The van der Waals surface area contributed by atoms with Gasteiger partial charge in [-0.15, -0.1) is 0 Å². The van der Waals surface area contributed by atoms with Crippen molar-refractivity contribution < 1.29 is 13.7 Å². The third-order valence-electron chi connectivity index (χ3n) is 2.55. The predicted molar refractivity (Wildman–Crippen MR) is 69.1 cm³/mol. The van der Waals surface area contributed by atoms with Crippen LogP contribution in [0.15, 0.2) is 34.9 Å². The Morgan fingerprint density at radius 2 is 2.16 bits per heavy atom. The number of hydrogen-bond acceptors (Lipinski definition) is 3. The lowest BCUT2D eigenvalue weighted by Crippen LogP contribution is -2.26. The molecule has 0 aliphatic heterocycles. The van der Waals surface area contributed by atoms with E-state index < -0.39 is 5.82 Å². The number of hydrogen-bond donors (Lipinski definition) is 1. The van der Waals surface area contributed by atoms with Gasteiger partial charge in [0.25, 0.3) is 5.91 Å². The zero-order valence-corrected chi connectivity index (χ0v) is 10.8. The maximum atomic E-state index is 13.6. The predicted octanol–water partition coefficient (Wildman–Crippen LogP) is 2.87. The fraction of sp³-hybridized carbons (Fsp3) is 0.286. The zero-order valence-electron chi connectivity index (χ0n) is 10.8. The average Bonchev–Trinajstić information content (AvgIpc) is 2.86. The first-order valence-corrected chi connectivity index (χ1v) is 6.07. The van der Waals surface area contributed by atoms with Crippen LogP contribution < -0.4 is 5.32 Å². The van der Waals surface area contributed by atoms with Gasteiger partial charge in [0.1, 0.15) is 11.5 Å². The van der Waals surface area contributed by atoms with Crippen molar-refractivity contribution in [2.75, 3.05) is 6.54 Å². The summed E-state index contributed by atoms with van der Waals surface area (Å²) in [6, 6.07) is 7.65. The lowest BCUT2D eigenvalue weighted by atomic mass is 10.1. The molecular weight excluding hydrogens is 247 g/mol. The molecule has 1 aromatic heterocycles. The topological polar surface area (TPSA) is 55.1 Å². The molecule has 1 N–H and O–H groups in total. The fourth-order valence-electron chi connectivity index (χ4n) is 1.56. The monoisotopic (exact) mass is 262 g/mol. The van der Waals surface area contributed by atoms with Gasteiger partial charge in [-0.05, 0) is 18.1 Å². The number of rotatable bonds is 4. The first kappa shape index (κ1) is 13.3. The van der Waals surface area contributed by atoms with Crippen LogP contribution in [0.4, 0.5) is 4.39 Å². The lowest BCUT2D eigenvalue weighted by molar-refractivity contribution is 0.0912. The van der Waals surface area contributed by atoms with Crippen LogP contribution in [0.1, 0.15) is 24.4 Å². The number of carbonyl (C=O) groups excluding carboxylic acids is 1. The van der Waals surface area contributed by atoms with E-state index in [1.165, 1.54) is 12.1 Å².